The van der Waals surface area contributed by atoms with Gasteiger partial charge in [0, 0.05) is 35.8 Å². The van der Waals surface area contributed by atoms with Crippen LogP contribution in [0.3, 0.4) is 0 Å². The molecular formula is C28H29F3N2O5. The molecule has 2 aliphatic rings. The molecule has 1 saturated carbocycles. The predicted molar refractivity (Wildman–Crippen MR) is 133 cm³/mol. The molecule has 1 unspecified atom stereocenters. The van der Waals surface area contributed by atoms with Gasteiger partial charge in [0.25, 0.3) is 0 Å². The van der Waals surface area contributed by atoms with Crippen molar-refractivity contribution in [2.45, 2.75) is 57.1 Å². The molecule has 0 N–H and O–H groups in total. The lowest BCUT2D eigenvalue weighted by Crippen LogP contribution is -2.25. The van der Waals surface area contributed by atoms with E-state index in [2.05, 4.69) is 14.8 Å². The highest BCUT2D eigenvalue weighted by atomic mass is 19.4. The van der Waals surface area contributed by atoms with Crippen molar-refractivity contribution in [2.24, 2.45) is 0 Å². The van der Waals surface area contributed by atoms with Gasteiger partial charge in [0.05, 0.1) is 25.4 Å². The quantitative estimate of drug-likeness (QED) is 0.309. The Bertz CT molecular complexity index is 1250. The summed E-state index contributed by atoms with van der Waals surface area (Å²) in [7, 11) is 1.36. The summed E-state index contributed by atoms with van der Waals surface area (Å²) in [4.78, 5) is 14.0. The van der Waals surface area contributed by atoms with Crippen molar-refractivity contribution in [3.63, 3.8) is 0 Å². The molecule has 1 saturated heterocycles. The molecular weight excluding hydrogens is 501 g/mol. The largest absolute Gasteiger partial charge is 0.573 e. The van der Waals surface area contributed by atoms with Crippen molar-refractivity contribution in [3.8, 4) is 17.0 Å². The molecule has 1 aliphatic heterocycles. The third-order valence-electron chi connectivity index (χ3n) is 6.93. The third kappa shape index (κ3) is 6.12. The SMILES string of the molecule is COC(=O)c1ccc(N2CCCC(OCc3c(-c4ccccc4OC(F)(F)F)noc3C3CC3)CC2)cc1. The molecule has 0 spiro atoms. The Balaban J connectivity index is 1.28. The highest BCUT2D eigenvalue weighted by Gasteiger charge is 2.36. The van der Waals surface area contributed by atoms with Crippen molar-refractivity contribution < 1.29 is 36.7 Å². The number of halogens is 3. The van der Waals surface area contributed by atoms with Crippen LogP contribution in [0.4, 0.5) is 18.9 Å². The number of para-hydroxylation sites is 1. The summed E-state index contributed by atoms with van der Waals surface area (Å²) in [6.45, 7) is 1.82. The average molecular weight is 531 g/mol. The molecule has 2 heterocycles. The Hall–Kier alpha value is -3.53. The number of carbonyl (C=O) groups excluding carboxylic acids is 1. The number of alkyl halides is 3. The standard InChI is InChI=1S/C28H29F3N2O5/c1-35-27(34)19-10-12-20(13-11-19)33-15-4-5-21(14-16-33)36-17-23-25(32-38-26(23)18-8-9-18)22-6-2-3-7-24(22)37-28(29,30)31/h2-3,6-7,10-13,18,21H,4-5,8-9,14-17H2,1H3. The van der Waals surface area contributed by atoms with Crippen molar-refractivity contribution in [2.75, 3.05) is 25.1 Å². The van der Waals surface area contributed by atoms with Crippen molar-refractivity contribution in [3.05, 3.63) is 65.4 Å². The second-order valence-corrected chi connectivity index (χ2v) is 9.58. The summed E-state index contributed by atoms with van der Waals surface area (Å²) in [6, 6.07) is 13.3. The molecule has 202 valence electrons. The van der Waals surface area contributed by atoms with Gasteiger partial charge in [-0.05, 0) is 68.5 Å². The van der Waals surface area contributed by atoms with Crippen LogP contribution < -0.4 is 9.64 Å². The van der Waals surface area contributed by atoms with Gasteiger partial charge in [-0.2, -0.15) is 0 Å². The van der Waals surface area contributed by atoms with E-state index in [1.54, 1.807) is 24.3 Å². The molecule has 10 heteroatoms. The minimum atomic E-state index is -4.82. The first-order chi connectivity index (χ1) is 18.3. The van der Waals surface area contributed by atoms with E-state index in [1.165, 1.54) is 19.2 Å². The van der Waals surface area contributed by atoms with Crippen LogP contribution in [0.25, 0.3) is 11.3 Å². The fourth-order valence-electron chi connectivity index (χ4n) is 4.83. The second kappa shape index (κ2) is 11.1. The zero-order valence-corrected chi connectivity index (χ0v) is 21.0. The van der Waals surface area contributed by atoms with Crippen molar-refractivity contribution >= 4 is 11.7 Å². The number of hydrogen-bond donors (Lipinski definition) is 0. The van der Waals surface area contributed by atoms with Gasteiger partial charge in [0.2, 0.25) is 0 Å². The van der Waals surface area contributed by atoms with Gasteiger partial charge in [-0.3, -0.25) is 0 Å². The van der Waals surface area contributed by atoms with E-state index in [0.717, 1.165) is 50.9 Å². The summed E-state index contributed by atoms with van der Waals surface area (Å²) < 4.78 is 60.0. The van der Waals surface area contributed by atoms with Crippen LogP contribution in [0.5, 0.6) is 5.75 Å². The monoisotopic (exact) mass is 530 g/mol. The molecule has 2 aromatic carbocycles. The number of hydrogen-bond acceptors (Lipinski definition) is 7. The topological polar surface area (TPSA) is 74.0 Å². The lowest BCUT2D eigenvalue weighted by molar-refractivity contribution is -0.274. The molecule has 7 nitrogen and oxygen atoms in total. The zero-order valence-electron chi connectivity index (χ0n) is 21.0. The van der Waals surface area contributed by atoms with Gasteiger partial charge < -0.3 is 23.6 Å². The average Bonchev–Trinajstić information content (AvgIpc) is 3.70. The molecule has 1 aromatic heterocycles. The fraction of sp³-hybridized carbons (Fsp3) is 0.429. The molecule has 0 radical (unpaired) electrons. The normalized spacial score (nSPS) is 18.2. The molecule has 2 fully saturated rings. The van der Waals surface area contributed by atoms with Crippen LogP contribution in [0, 0.1) is 0 Å². The van der Waals surface area contributed by atoms with E-state index >= 15 is 0 Å². The molecule has 0 amide bonds. The molecule has 5 rings (SSSR count). The van der Waals surface area contributed by atoms with Crippen LogP contribution in [-0.4, -0.2) is 43.8 Å². The Kier molecular flexibility index (Phi) is 7.60. The van der Waals surface area contributed by atoms with E-state index < -0.39 is 6.36 Å². The van der Waals surface area contributed by atoms with E-state index in [-0.39, 0.29) is 35.9 Å². The van der Waals surface area contributed by atoms with E-state index in [4.69, 9.17) is 14.0 Å². The number of rotatable bonds is 8. The summed E-state index contributed by atoms with van der Waals surface area (Å²) >= 11 is 0. The highest BCUT2D eigenvalue weighted by Crippen LogP contribution is 2.45. The number of carbonyl (C=O) groups is 1. The van der Waals surface area contributed by atoms with E-state index in [9.17, 15) is 18.0 Å². The highest BCUT2D eigenvalue weighted by molar-refractivity contribution is 5.89. The first-order valence-corrected chi connectivity index (χ1v) is 12.7. The number of benzene rings is 2. The summed E-state index contributed by atoms with van der Waals surface area (Å²) in [6.07, 6.45) is -0.383. The van der Waals surface area contributed by atoms with Crippen LogP contribution in [-0.2, 0) is 16.1 Å². The maximum atomic E-state index is 13.0. The molecule has 1 atom stereocenters. The van der Waals surface area contributed by atoms with Gasteiger partial charge >= 0.3 is 12.3 Å². The number of methoxy groups -OCH3 is 1. The van der Waals surface area contributed by atoms with Crippen LogP contribution in [0.1, 0.15) is 59.7 Å². The summed E-state index contributed by atoms with van der Waals surface area (Å²) in [5, 5.41) is 4.15. The van der Waals surface area contributed by atoms with Gasteiger partial charge in [-0.1, -0.05) is 17.3 Å². The lowest BCUT2D eigenvalue weighted by Gasteiger charge is -2.23. The van der Waals surface area contributed by atoms with Crippen molar-refractivity contribution in [1.29, 1.82) is 0 Å². The number of nitrogens with zero attached hydrogens (tertiary/aromatic N) is 2. The summed E-state index contributed by atoms with van der Waals surface area (Å²) in [5.41, 5.74) is 2.77. The predicted octanol–water partition coefficient (Wildman–Crippen LogP) is 6.48. The summed E-state index contributed by atoms with van der Waals surface area (Å²) in [5.74, 6) is 0.207. The Morgan fingerprint density at radius 3 is 2.53 bits per heavy atom. The first kappa shape index (κ1) is 26.1. The maximum Gasteiger partial charge on any atom is 0.573 e. The zero-order chi connectivity index (χ0) is 26.7. The minimum Gasteiger partial charge on any atom is -0.465 e. The fourth-order valence-corrected chi connectivity index (χ4v) is 4.83. The number of ether oxygens (including phenoxy) is 3. The van der Waals surface area contributed by atoms with Gasteiger partial charge in [0.1, 0.15) is 17.2 Å². The van der Waals surface area contributed by atoms with Crippen LogP contribution >= 0.6 is 0 Å². The molecule has 0 bridgehead atoms. The smallest absolute Gasteiger partial charge is 0.465 e. The first-order valence-electron chi connectivity index (χ1n) is 12.7. The van der Waals surface area contributed by atoms with E-state index in [0.29, 0.717) is 22.6 Å². The van der Waals surface area contributed by atoms with Gasteiger partial charge in [-0.15, -0.1) is 13.2 Å². The minimum absolute atomic E-state index is 0.0224. The molecule has 38 heavy (non-hydrogen) atoms. The maximum absolute atomic E-state index is 13.0. The van der Waals surface area contributed by atoms with Crippen LogP contribution in [0.2, 0.25) is 0 Å². The third-order valence-corrected chi connectivity index (χ3v) is 6.93. The van der Waals surface area contributed by atoms with Gasteiger partial charge in [0.15, 0.2) is 0 Å². The van der Waals surface area contributed by atoms with Gasteiger partial charge in [-0.25, -0.2) is 4.79 Å². The Labute approximate surface area is 218 Å². The van der Waals surface area contributed by atoms with Crippen molar-refractivity contribution in [1.82, 2.24) is 5.16 Å². The lowest BCUT2D eigenvalue weighted by atomic mass is 10.0. The second-order valence-electron chi connectivity index (χ2n) is 9.58. The number of aromatic nitrogens is 1. The Morgan fingerprint density at radius 1 is 1.05 bits per heavy atom. The van der Waals surface area contributed by atoms with Crippen LogP contribution in [0.15, 0.2) is 53.1 Å². The number of anilines is 1. The Morgan fingerprint density at radius 2 is 1.82 bits per heavy atom. The molecule has 3 aromatic rings. The van der Waals surface area contributed by atoms with E-state index in [1.807, 2.05) is 12.1 Å². The molecule has 1 aliphatic carbocycles. The number of esters is 1.